The molecule has 0 aliphatic rings. The van der Waals surface area contributed by atoms with Gasteiger partial charge >= 0.3 is 0 Å². The average molecular weight is 760 g/mol. The second kappa shape index (κ2) is 44.3. The number of aliphatic hydroxyl groups excluding tert-OH is 3. The highest BCUT2D eigenvalue weighted by molar-refractivity contribution is 5.76. The summed E-state index contributed by atoms with van der Waals surface area (Å²) in [6, 6.07) is -0.828. The van der Waals surface area contributed by atoms with Gasteiger partial charge in [0.25, 0.3) is 0 Å². The van der Waals surface area contributed by atoms with E-state index in [-0.39, 0.29) is 12.5 Å². The van der Waals surface area contributed by atoms with E-state index in [0.29, 0.717) is 12.8 Å². The number of allylic oxidation sites excluding steroid dienone is 6. The Bertz CT molecular complexity index is 840. The van der Waals surface area contributed by atoms with E-state index in [1.165, 1.54) is 180 Å². The second-order valence-corrected chi connectivity index (χ2v) is 16.3. The Kier molecular flexibility index (Phi) is 43.1. The van der Waals surface area contributed by atoms with Crippen LogP contribution in [0, 0.1) is 0 Å². The summed E-state index contributed by atoms with van der Waals surface area (Å²) in [4.78, 5) is 12.4. The van der Waals surface area contributed by atoms with Gasteiger partial charge in [0.05, 0.1) is 18.8 Å². The first-order chi connectivity index (χ1) is 26.6. The van der Waals surface area contributed by atoms with Crippen LogP contribution in [-0.2, 0) is 4.79 Å². The van der Waals surface area contributed by atoms with Crippen LogP contribution in [0.1, 0.15) is 245 Å². The number of nitrogens with one attached hydrogen (secondary N) is 1. The van der Waals surface area contributed by atoms with Crippen LogP contribution in [-0.4, -0.2) is 46.1 Å². The summed E-state index contributed by atoms with van der Waals surface area (Å²) in [5.74, 6) is -0.157. The number of carbonyl (C=O) groups excluding carboxylic acids is 1. The van der Waals surface area contributed by atoms with Crippen LogP contribution in [0.2, 0.25) is 0 Å². The normalized spacial score (nSPS) is 13.8. The Morgan fingerprint density at radius 2 is 0.796 bits per heavy atom. The molecule has 5 heteroatoms. The van der Waals surface area contributed by atoms with Gasteiger partial charge in [-0.3, -0.25) is 4.79 Å². The van der Waals surface area contributed by atoms with Crippen molar-refractivity contribution in [2.75, 3.05) is 6.61 Å². The minimum atomic E-state index is -1.16. The largest absolute Gasteiger partial charge is 0.394 e. The standard InChI is InChI=1S/C49H93NO4/c1-3-5-7-9-11-13-15-17-19-21-23-24-26-27-29-31-33-35-37-39-41-43-47(52)49(54)46(45-51)50-48(53)44-42-40-38-36-34-32-30-28-25-22-20-18-16-14-12-10-8-6-4-2/h12,14,16,18,35,37,46-47,49,51-52,54H,3-11,13,15,17,19-34,36,38-45H2,1-2H3,(H,50,53)/b14-12-,18-16-,37-35+. The first-order valence-electron chi connectivity index (χ1n) is 23.8. The zero-order chi connectivity index (χ0) is 39.4. The molecule has 0 aliphatic heterocycles. The van der Waals surface area contributed by atoms with Crippen molar-refractivity contribution in [3.63, 3.8) is 0 Å². The van der Waals surface area contributed by atoms with Crippen molar-refractivity contribution in [2.24, 2.45) is 0 Å². The Balaban J connectivity index is 3.64. The fourth-order valence-corrected chi connectivity index (χ4v) is 7.27. The van der Waals surface area contributed by atoms with Crippen molar-refractivity contribution < 1.29 is 20.1 Å². The zero-order valence-corrected chi connectivity index (χ0v) is 36.1. The molecule has 318 valence electrons. The summed E-state index contributed by atoms with van der Waals surface area (Å²) in [5.41, 5.74) is 0. The van der Waals surface area contributed by atoms with Gasteiger partial charge < -0.3 is 20.6 Å². The Morgan fingerprint density at radius 3 is 1.22 bits per heavy atom. The Morgan fingerprint density at radius 1 is 0.463 bits per heavy atom. The molecule has 3 atom stereocenters. The predicted molar refractivity (Wildman–Crippen MR) is 236 cm³/mol. The lowest BCUT2D eigenvalue weighted by Crippen LogP contribution is -2.50. The molecule has 4 N–H and O–H groups in total. The average Bonchev–Trinajstić information content (AvgIpc) is 3.18. The van der Waals surface area contributed by atoms with Gasteiger partial charge in [0.15, 0.2) is 0 Å². The quantitative estimate of drug-likeness (QED) is 0.0283. The van der Waals surface area contributed by atoms with Gasteiger partial charge in [0.1, 0.15) is 6.10 Å². The van der Waals surface area contributed by atoms with E-state index in [2.05, 4.69) is 55.6 Å². The first kappa shape index (κ1) is 52.6. The highest BCUT2D eigenvalue weighted by atomic mass is 16.3. The maximum absolute atomic E-state index is 12.4. The molecular weight excluding hydrogens is 667 g/mol. The summed E-state index contributed by atoms with van der Waals surface area (Å²) in [6.07, 6.45) is 55.5. The number of hydrogen-bond donors (Lipinski definition) is 4. The van der Waals surface area contributed by atoms with Crippen molar-refractivity contribution in [1.82, 2.24) is 5.32 Å². The van der Waals surface area contributed by atoms with Crippen LogP contribution >= 0.6 is 0 Å². The Labute approximate surface area is 336 Å². The monoisotopic (exact) mass is 760 g/mol. The maximum atomic E-state index is 12.4. The molecule has 0 radical (unpaired) electrons. The predicted octanol–water partition coefficient (Wildman–Crippen LogP) is 13.9. The number of hydrogen-bond acceptors (Lipinski definition) is 4. The van der Waals surface area contributed by atoms with E-state index in [4.69, 9.17) is 0 Å². The summed E-state index contributed by atoms with van der Waals surface area (Å²) in [5, 5.41) is 33.6. The van der Waals surface area contributed by atoms with Crippen LogP contribution in [0.5, 0.6) is 0 Å². The first-order valence-corrected chi connectivity index (χ1v) is 23.8. The molecule has 0 saturated carbocycles. The second-order valence-electron chi connectivity index (χ2n) is 16.3. The molecule has 5 nitrogen and oxygen atoms in total. The van der Waals surface area contributed by atoms with Gasteiger partial charge in [0.2, 0.25) is 5.91 Å². The smallest absolute Gasteiger partial charge is 0.220 e. The molecular formula is C49H93NO4. The number of unbranched alkanes of at least 4 members (excludes halogenated alkanes) is 30. The number of amides is 1. The highest BCUT2D eigenvalue weighted by Crippen LogP contribution is 2.16. The lowest BCUT2D eigenvalue weighted by Gasteiger charge is -2.26. The highest BCUT2D eigenvalue weighted by Gasteiger charge is 2.26. The molecule has 54 heavy (non-hydrogen) atoms. The summed E-state index contributed by atoms with van der Waals surface area (Å²) in [7, 11) is 0. The number of rotatable bonds is 43. The fourth-order valence-electron chi connectivity index (χ4n) is 7.27. The third-order valence-corrected chi connectivity index (χ3v) is 11.0. The van der Waals surface area contributed by atoms with E-state index >= 15 is 0 Å². The molecule has 0 rings (SSSR count). The molecule has 1 amide bonds. The molecule has 0 aromatic rings. The Hall–Kier alpha value is -1.43. The van der Waals surface area contributed by atoms with E-state index < -0.39 is 18.2 Å². The zero-order valence-electron chi connectivity index (χ0n) is 36.1. The lowest BCUT2D eigenvalue weighted by molar-refractivity contribution is -0.124. The van der Waals surface area contributed by atoms with Crippen molar-refractivity contribution >= 4 is 5.91 Å². The molecule has 0 spiro atoms. The van der Waals surface area contributed by atoms with E-state index in [9.17, 15) is 20.1 Å². The lowest BCUT2D eigenvalue weighted by atomic mass is 10.0. The van der Waals surface area contributed by atoms with Gasteiger partial charge in [-0.2, -0.15) is 0 Å². The van der Waals surface area contributed by atoms with E-state index in [0.717, 1.165) is 38.5 Å². The molecule has 0 fully saturated rings. The van der Waals surface area contributed by atoms with Crippen molar-refractivity contribution in [1.29, 1.82) is 0 Å². The minimum absolute atomic E-state index is 0.157. The van der Waals surface area contributed by atoms with Crippen LogP contribution in [0.15, 0.2) is 36.5 Å². The van der Waals surface area contributed by atoms with Crippen molar-refractivity contribution in [3.8, 4) is 0 Å². The molecule has 0 aromatic heterocycles. The number of aliphatic hydroxyl groups is 3. The van der Waals surface area contributed by atoms with Crippen molar-refractivity contribution in [2.45, 2.75) is 263 Å². The molecule has 0 bridgehead atoms. The molecule has 3 unspecified atom stereocenters. The van der Waals surface area contributed by atoms with Crippen molar-refractivity contribution in [3.05, 3.63) is 36.5 Å². The van der Waals surface area contributed by atoms with Gasteiger partial charge in [-0.1, -0.05) is 211 Å². The summed E-state index contributed by atoms with van der Waals surface area (Å²) >= 11 is 0. The molecule has 0 saturated heterocycles. The van der Waals surface area contributed by atoms with Gasteiger partial charge in [0, 0.05) is 6.42 Å². The number of carbonyl (C=O) groups is 1. The maximum Gasteiger partial charge on any atom is 0.220 e. The van der Waals surface area contributed by atoms with Crippen LogP contribution in [0.25, 0.3) is 0 Å². The van der Waals surface area contributed by atoms with Gasteiger partial charge in [-0.15, -0.1) is 0 Å². The van der Waals surface area contributed by atoms with E-state index in [1.807, 2.05) is 0 Å². The van der Waals surface area contributed by atoms with Crippen LogP contribution in [0.3, 0.4) is 0 Å². The molecule has 0 aliphatic carbocycles. The SMILES string of the molecule is CCCCC/C=C\C=C/CCCCCCCCCCCCC(=O)NC(CO)C(O)C(O)CCC/C=C/CCCCCCCCCCCCCCCCCC. The van der Waals surface area contributed by atoms with Crippen LogP contribution < -0.4 is 5.32 Å². The molecule has 0 heterocycles. The van der Waals surface area contributed by atoms with Gasteiger partial charge in [-0.25, -0.2) is 0 Å². The third-order valence-electron chi connectivity index (χ3n) is 11.0. The minimum Gasteiger partial charge on any atom is -0.394 e. The van der Waals surface area contributed by atoms with Crippen LogP contribution in [0.4, 0.5) is 0 Å². The molecule has 0 aromatic carbocycles. The third kappa shape index (κ3) is 38.8. The van der Waals surface area contributed by atoms with E-state index in [1.54, 1.807) is 0 Å². The van der Waals surface area contributed by atoms with Gasteiger partial charge in [-0.05, 0) is 64.2 Å². The summed E-state index contributed by atoms with van der Waals surface area (Å²) in [6.45, 7) is 4.15. The topological polar surface area (TPSA) is 89.8 Å². The fraction of sp³-hybridized carbons (Fsp3) is 0.857. The summed E-state index contributed by atoms with van der Waals surface area (Å²) < 4.78 is 0.